The molecule has 1 fully saturated rings. The predicted molar refractivity (Wildman–Crippen MR) is 114 cm³/mol. The number of aryl methyl sites for hydroxylation is 2. The van der Waals surface area contributed by atoms with Crippen LogP contribution in [0.4, 0.5) is 4.79 Å². The Morgan fingerprint density at radius 1 is 1.21 bits per heavy atom. The van der Waals surface area contributed by atoms with Crippen molar-refractivity contribution >= 4 is 6.03 Å². The van der Waals surface area contributed by atoms with Crippen molar-refractivity contribution in [1.29, 1.82) is 0 Å². The van der Waals surface area contributed by atoms with Crippen LogP contribution in [0.2, 0.25) is 0 Å². The zero-order chi connectivity index (χ0) is 21.0. The number of hydrogen-bond acceptors (Lipinski definition) is 4. The number of likely N-dealkylation sites (tertiary alicyclic amines) is 1. The van der Waals surface area contributed by atoms with Crippen LogP contribution in [0.3, 0.4) is 0 Å². The molecule has 0 spiro atoms. The highest BCUT2D eigenvalue weighted by atomic mass is 16.5. The van der Waals surface area contributed by atoms with Gasteiger partial charge in [-0.3, -0.25) is 9.58 Å². The fourth-order valence-electron chi connectivity index (χ4n) is 4.26. The van der Waals surface area contributed by atoms with E-state index in [0.717, 1.165) is 35.8 Å². The molecule has 0 radical (unpaired) electrons. The lowest BCUT2D eigenvalue weighted by molar-refractivity contribution is 0.219. The van der Waals surface area contributed by atoms with Gasteiger partial charge in [-0.1, -0.05) is 12.1 Å². The normalized spacial score (nSPS) is 16.4. The van der Waals surface area contributed by atoms with Crippen LogP contribution in [0.5, 0.6) is 5.75 Å². The standard InChI is InChI=1S/C22H33N5O2/c1-15(21-16(2)25-26(4)17(21)3)24-22(28)23-14-20(27-12-6-7-13-27)18-8-10-19(29-5)11-9-18/h8-11,15,20H,6-7,12-14H2,1-5H3,(H2,23,24,28). The Balaban J connectivity index is 1.64. The van der Waals surface area contributed by atoms with Crippen molar-refractivity contribution in [2.75, 3.05) is 26.7 Å². The average Bonchev–Trinajstić information content (AvgIpc) is 3.31. The molecule has 1 aromatic carbocycles. The first-order valence-electron chi connectivity index (χ1n) is 10.3. The Kier molecular flexibility index (Phi) is 6.79. The van der Waals surface area contributed by atoms with Gasteiger partial charge in [-0.15, -0.1) is 0 Å². The van der Waals surface area contributed by atoms with Crippen LogP contribution in [-0.4, -0.2) is 47.5 Å². The number of nitrogens with one attached hydrogen (secondary N) is 2. The number of carbonyl (C=O) groups is 1. The second-order valence-electron chi connectivity index (χ2n) is 7.82. The maximum atomic E-state index is 12.6. The van der Waals surface area contributed by atoms with Crippen molar-refractivity contribution in [2.45, 2.75) is 45.7 Å². The first kappa shape index (κ1) is 21.2. The molecule has 158 valence electrons. The molecule has 1 aliphatic rings. The Hall–Kier alpha value is -2.54. The van der Waals surface area contributed by atoms with Gasteiger partial charge in [0.1, 0.15) is 5.75 Å². The minimum Gasteiger partial charge on any atom is -0.497 e. The van der Waals surface area contributed by atoms with Gasteiger partial charge in [0.25, 0.3) is 0 Å². The predicted octanol–water partition coefficient (Wildman–Crippen LogP) is 3.24. The highest BCUT2D eigenvalue weighted by Gasteiger charge is 2.25. The molecule has 0 aliphatic carbocycles. The van der Waals surface area contributed by atoms with Gasteiger partial charge in [0.05, 0.1) is 24.9 Å². The van der Waals surface area contributed by atoms with Gasteiger partial charge in [0.2, 0.25) is 0 Å². The molecule has 1 saturated heterocycles. The molecular formula is C22H33N5O2. The van der Waals surface area contributed by atoms with Crippen molar-refractivity contribution < 1.29 is 9.53 Å². The zero-order valence-electron chi connectivity index (χ0n) is 18.2. The number of methoxy groups -OCH3 is 1. The Bertz CT molecular complexity index is 824. The number of ether oxygens (including phenoxy) is 1. The van der Waals surface area contributed by atoms with E-state index in [-0.39, 0.29) is 18.1 Å². The molecule has 2 unspecified atom stereocenters. The number of aromatic nitrogens is 2. The second kappa shape index (κ2) is 9.31. The number of hydrogen-bond donors (Lipinski definition) is 2. The molecule has 2 heterocycles. The maximum Gasteiger partial charge on any atom is 0.315 e. The van der Waals surface area contributed by atoms with Gasteiger partial charge in [-0.05, 0) is 64.4 Å². The van der Waals surface area contributed by atoms with Gasteiger partial charge in [0.15, 0.2) is 0 Å². The SMILES string of the molecule is COc1ccc(C(CNC(=O)NC(C)c2c(C)nn(C)c2C)N2CCCC2)cc1. The third-order valence-electron chi connectivity index (χ3n) is 5.88. The lowest BCUT2D eigenvalue weighted by Gasteiger charge is -2.28. The Labute approximate surface area is 173 Å². The topological polar surface area (TPSA) is 71.4 Å². The molecule has 2 aromatic rings. The van der Waals surface area contributed by atoms with Crippen LogP contribution < -0.4 is 15.4 Å². The van der Waals surface area contributed by atoms with Crippen LogP contribution in [0.15, 0.2) is 24.3 Å². The first-order chi connectivity index (χ1) is 13.9. The average molecular weight is 400 g/mol. The van der Waals surface area contributed by atoms with E-state index in [2.05, 4.69) is 32.8 Å². The molecular weight excluding hydrogens is 366 g/mol. The summed E-state index contributed by atoms with van der Waals surface area (Å²) in [6.45, 7) is 8.69. The Morgan fingerprint density at radius 3 is 2.41 bits per heavy atom. The summed E-state index contributed by atoms with van der Waals surface area (Å²) in [7, 11) is 3.60. The number of urea groups is 1. The summed E-state index contributed by atoms with van der Waals surface area (Å²) in [5.41, 5.74) is 4.29. The maximum absolute atomic E-state index is 12.6. The molecule has 2 atom stereocenters. The van der Waals surface area contributed by atoms with Crippen molar-refractivity contribution in [3.63, 3.8) is 0 Å². The van der Waals surface area contributed by atoms with Gasteiger partial charge in [0, 0.05) is 24.8 Å². The molecule has 29 heavy (non-hydrogen) atoms. The monoisotopic (exact) mass is 399 g/mol. The van der Waals surface area contributed by atoms with E-state index < -0.39 is 0 Å². The van der Waals surface area contributed by atoms with Crippen molar-refractivity contribution in [1.82, 2.24) is 25.3 Å². The molecule has 2 amide bonds. The van der Waals surface area contributed by atoms with E-state index in [9.17, 15) is 4.79 Å². The molecule has 2 N–H and O–H groups in total. The minimum atomic E-state index is -0.155. The van der Waals surface area contributed by atoms with Crippen LogP contribution in [0.1, 0.15) is 54.4 Å². The van der Waals surface area contributed by atoms with E-state index in [4.69, 9.17) is 4.74 Å². The second-order valence-corrected chi connectivity index (χ2v) is 7.82. The number of carbonyl (C=O) groups excluding carboxylic acids is 1. The zero-order valence-corrected chi connectivity index (χ0v) is 18.2. The summed E-state index contributed by atoms with van der Waals surface area (Å²) in [5, 5.41) is 10.6. The van der Waals surface area contributed by atoms with Crippen LogP contribution in [0, 0.1) is 13.8 Å². The summed E-state index contributed by atoms with van der Waals surface area (Å²) < 4.78 is 7.13. The first-order valence-corrected chi connectivity index (χ1v) is 10.3. The summed E-state index contributed by atoms with van der Waals surface area (Å²) in [6, 6.07) is 8.04. The van der Waals surface area contributed by atoms with Gasteiger partial charge in [-0.25, -0.2) is 4.79 Å². The van der Waals surface area contributed by atoms with Crippen molar-refractivity contribution in [3.8, 4) is 5.75 Å². The highest BCUT2D eigenvalue weighted by molar-refractivity contribution is 5.74. The molecule has 0 saturated carbocycles. The van der Waals surface area contributed by atoms with Crippen molar-refractivity contribution in [3.05, 3.63) is 46.8 Å². The van der Waals surface area contributed by atoms with E-state index in [0.29, 0.717) is 6.54 Å². The lowest BCUT2D eigenvalue weighted by atomic mass is 10.1. The van der Waals surface area contributed by atoms with Crippen LogP contribution >= 0.6 is 0 Å². The summed E-state index contributed by atoms with van der Waals surface area (Å²) in [6.07, 6.45) is 2.41. The molecule has 1 aromatic heterocycles. The lowest BCUT2D eigenvalue weighted by Crippen LogP contribution is -2.42. The third-order valence-corrected chi connectivity index (χ3v) is 5.88. The Morgan fingerprint density at radius 2 is 1.86 bits per heavy atom. The molecule has 7 nitrogen and oxygen atoms in total. The molecule has 7 heteroatoms. The van der Waals surface area contributed by atoms with E-state index in [1.807, 2.05) is 44.6 Å². The number of benzene rings is 1. The summed E-state index contributed by atoms with van der Waals surface area (Å²) >= 11 is 0. The molecule has 1 aliphatic heterocycles. The van der Waals surface area contributed by atoms with Gasteiger partial charge < -0.3 is 15.4 Å². The highest BCUT2D eigenvalue weighted by Crippen LogP contribution is 2.26. The van der Waals surface area contributed by atoms with E-state index in [1.54, 1.807) is 7.11 Å². The van der Waals surface area contributed by atoms with Gasteiger partial charge in [-0.2, -0.15) is 5.10 Å². The largest absolute Gasteiger partial charge is 0.497 e. The fraction of sp³-hybridized carbons (Fsp3) is 0.545. The number of amides is 2. The van der Waals surface area contributed by atoms with Crippen LogP contribution in [-0.2, 0) is 7.05 Å². The minimum absolute atomic E-state index is 0.102. The number of nitrogens with zero attached hydrogens (tertiary/aromatic N) is 3. The van der Waals surface area contributed by atoms with E-state index in [1.165, 1.54) is 18.4 Å². The quantitative estimate of drug-likeness (QED) is 0.750. The van der Waals surface area contributed by atoms with E-state index >= 15 is 0 Å². The van der Waals surface area contributed by atoms with Crippen molar-refractivity contribution in [2.24, 2.45) is 7.05 Å². The molecule has 0 bridgehead atoms. The van der Waals surface area contributed by atoms with Crippen LogP contribution in [0.25, 0.3) is 0 Å². The number of rotatable bonds is 7. The van der Waals surface area contributed by atoms with Gasteiger partial charge >= 0.3 is 6.03 Å². The third kappa shape index (κ3) is 4.90. The fourth-order valence-corrected chi connectivity index (χ4v) is 4.26. The molecule has 3 rings (SSSR count). The summed E-state index contributed by atoms with van der Waals surface area (Å²) in [4.78, 5) is 15.1. The smallest absolute Gasteiger partial charge is 0.315 e. The summed E-state index contributed by atoms with van der Waals surface area (Å²) in [5.74, 6) is 0.843.